The van der Waals surface area contributed by atoms with Crippen LogP contribution in [-0.2, 0) is 16.4 Å². The number of imidazole rings is 1. The normalized spacial score (nSPS) is 13.0. The molecule has 0 saturated heterocycles. The Kier molecular flexibility index (Phi) is 5.38. The van der Waals surface area contributed by atoms with Crippen LogP contribution in [-0.4, -0.2) is 60.6 Å². The first-order valence-corrected chi connectivity index (χ1v) is 10.9. The Balaban J connectivity index is 1.83. The summed E-state index contributed by atoms with van der Waals surface area (Å²) in [5, 5.41) is 3.93. The van der Waals surface area contributed by atoms with Crippen molar-refractivity contribution in [3.8, 4) is 17.2 Å². The molecule has 174 valence electrons. The van der Waals surface area contributed by atoms with Gasteiger partial charge in [0.2, 0.25) is 0 Å². The minimum atomic E-state index is -5.73. The molecule has 0 aromatic carbocycles. The first-order valence-electron chi connectivity index (χ1n) is 9.27. The number of hydrogen-bond acceptors (Lipinski definition) is 7. The fraction of sp³-hybridized carbons (Fsp3) is 0.278. The van der Waals surface area contributed by atoms with Crippen molar-refractivity contribution in [2.75, 3.05) is 5.75 Å². The second-order valence-electron chi connectivity index (χ2n) is 6.89. The Labute approximate surface area is 182 Å². The lowest BCUT2D eigenvalue weighted by atomic mass is 10.2. The minimum absolute atomic E-state index is 0.0318. The largest absolute Gasteiger partial charge is 0.455 e. The molecule has 0 aliphatic carbocycles. The number of aromatic nitrogens is 7. The maximum Gasteiger partial charge on any atom is 0.455 e. The van der Waals surface area contributed by atoms with Crippen LogP contribution in [0.4, 0.5) is 22.0 Å². The molecule has 0 unspecified atom stereocenters. The molecule has 4 aromatic heterocycles. The summed E-state index contributed by atoms with van der Waals surface area (Å²) < 4.78 is 91.8. The summed E-state index contributed by atoms with van der Waals surface area (Å²) in [5.74, 6) is -4.97. The van der Waals surface area contributed by atoms with Gasteiger partial charge in [-0.1, -0.05) is 6.92 Å². The van der Waals surface area contributed by atoms with Crippen LogP contribution in [0.3, 0.4) is 0 Å². The van der Waals surface area contributed by atoms with Crippen molar-refractivity contribution in [3.05, 3.63) is 43.4 Å². The van der Waals surface area contributed by atoms with Crippen LogP contribution < -0.4 is 0 Å². The lowest BCUT2D eigenvalue weighted by molar-refractivity contribution is -0.286. The zero-order chi connectivity index (χ0) is 24.0. The maximum absolute atomic E-state index is 13.5. The average Bonchev–Trinajstić information content (AvgIpc) is 3.42. The molecule has 0 saturated carbocycles. The van der Waals surface area contributed by atoms with Gasteiger partial charge < -0.3 is 4.57 Å². The number of fused-ring (bicyclic) bond motifs is 1. The van der Waals surface area contributed by atoms with Crippen LogP contribution in [0.15, 0.2) is 48.3 Å². The first kappa shape index (κ1) is 22.7. The molecule has 0 bridgehead atoms. The van der Waals surface area contributed by atoms with E-state index in [9.17, 15) is 30.4 Å². The van der Waals surface area contributed by atoms with Gasteiger partial charge in [0.1, 0.15) is 18.3 Å². The van der Waals surface area contributed by atoms with Gasteiger partial charge in [0.25, 0.3) is 0 Å². The van der Waals surface area contributed by atoms with E-state index in [1.807, 2.05) is 0 Å². The summed E-state index contributed by atoms with van der Waals surface area (Å²) >= 11 is 0. The third kappa shape index (κ3) is 4.15. The predicted octanol–water partition coefficient (Wildman–Crippen LogP) is 3.07. The number of pyridine rings is 2. The van der Waals surface area contributed by atoms with Gasteiger partial charge in [0.15, 0.2) is 15.7 Å². The quantitative estimate of drug-likeness (QED) is 0.385. The number of alkyl halides is 5. The summed E-state index contributed by atoms with van der Waals surface area (Å²) in [6.45, 7) is -0.229. The van der Waals surface area contributed by atoms with Gasteiger partial charge in [0.05, 0.1) is 46.4 Å². The predicted molar refractivity (Wildman–Crippen MR) is 104 cm³/mol. The van der Waals surface area contributed by atoms with Gasteiger partial charge in [-0.25, -0.2) is 28.1 Å². The molecule has 0 spiro atoms. The number of rotatable bonds is 6. The molecule has 33 heavy (non-hydrogen) atoms. The zero-order valence-electron chi connectivity index (χ0n) is 16.7. The fourth-order valence-corrected chi connectivity index (χ4v) is 4.03. The van der Waals surface area contributed by atoms with Crippen molar-refractivity contribution >= 4 is 20.9 Å². The Morgan fingerprint density at radius 3 is 2.45 bits per heavy atom. The van der Waals surface area contributed by atoms with Crippen molar-refractivity contribution in [2.24, 2.45) is 0 Å². The van der Waals surface area contributed by atoms with Crippen LogP contribution in [0.2, 0.25) is 0 Å². The third-order valence-corrected chi connectivity index (χ3v) is 6.51. The molecule has 4 aromatic rings. The van der Waals surface area contributed by atoms with E-state index in [1.54, 1.807) is 0 Å². The fourth-order valence-electron chi connectivity index (χ4n) is 3.00. The molecular formula is C18H14F5N7O2S. The molecule has 0 aliphatic heterocycles. The van der Waals surface area contributed by atoms with E-state index >= 15 is 0 Å². The highest BCUT2D eigenvalue weighted by Crippen LogP contribution is 2.37. The summed E-state index contributed by atoms with van der Waals surface area (Å²) in [7, 11) is -3.75. The van der Waals surface area contributed by atoms with Crippen molar-refractivity contribution in [2.45, 2.75) is 30.5 Å². The zero-order valence-corrected chi connectivity index (χ0v) is 17.5. The minimum Gasteiger partial charge on any atom is -0.323 e. The van der Waals surface area contributed by atoms with Crippen molar-refractivity contribution in [1.82, 2.24) is 34.3 Å². The molecule has 4 rings (SSSR count). The van der Waals surface area contributed by atoms with E-state index in [0.29, 0.717) is 4.57 Å². The van der Waals surface area contributed by atoms with E-state index in [4.69, 9.17) is 0 Å². The molecule has 0 atom stereocenters. The third-order valence-electron chi connectivity index (χ3n) is 4.75. The molecule has 0 radical (unpaired) electrons. The summed E-state index contributed by atoms with van der Waals surface area (Å²) in [4.78, 5) is 15.9. The maximum atomic E-state index is 13.5. The van der Waals surface area contributed by atoms with E-state index in [1.165, 1.54) is 42.5 Å². The lowest BCUT2D eigenvalue weighted by Gasteiger charge is -2.20. The van der Waals surface area contributed by atoms with Crippen LogP contribution in [0.25, 0.3) is 28.2 Å². The number of sulfone groups is 1. The topological polar surface area (TPSA) is 108 Å². The lowest BCUT2D eigenvalue weighted by Crippen LogP contribution is -2.40. The average molecular weight is 487 g/mol. The van der Waals surface area contributed by atoms with Crippen molar-refractivity contribution in [1.29, 1.82) is 0 Å². The highest BCUT2D eigenvalue weighted by molar-refractivity contribution is 7.91. The van der Waals surface area contributed by atoms with E-state index < -0.39 is 28.5 Å². The molecule has 15 heteroatoms. The number of hydrogen-bond donors (Lipinski definition) is 0. The van der Waals surface area contributed by atoms with Crippen molar-refractivity contribution < 1.29 is 30.4 Å². The van der Waals surface area contributed by atoms with E-state index in [2.05, 4.69) is 25.0 Å². The van der Waals surface area contributed by atoms with E-state index in [-0.39, 0.29) is 38.9 Å². The molecular weight excluding hydrogens is 473 g/mol. The van der Waals surface area contributed by atoms with Crippen LogP contribution in [0.5, 0.6) is 0 Å². The molecule has 0 fully saturated rings. The number of halogens is 5. The molecule has 9 nitrogen and oxygen atoms in total. The molecule has 4 heterocycles. The first-order chi connectivity index (χ1) is 15.4. The van der Waals surface area contributed by atoms with Gasteiger partial charge in [-0.3, -0.25) is 4.98 Å². The van der Waals surface area contributed by atoms with Gasteiger partial charge in [-0.2, -0.15) is 27.1 Å². The summed E-state index contributed by atoms with van der Waals surface area (Å²) in [6.07, 6.45) is -1.26. The van der Waals surface area contributed by atoms with Crippen LogP contribution >= 0.6 is 0 Å². The Hall–Kier alpha value is -3.49. The highest BCUT2D eigenvalue weighted by Gasteiger charge is 2.57. The number of nitrogens with zero attached hydrogens (tertiary/aromatic N) is 7. The molecule has 0 N–H and O–H groups in total. The van der Waals surface area contributed by atoms with Gasteiger partial charge in [-0.15, -0.1) is 0 Å². The second kappa shape index (κ2) is 7.83. The van der Waals surface area contributed by atoms with Crippen molar-refractivity contribution in [3.63, 3.8) is 0 Å². The Morgan fingerprint density at radius 2 is 1.82 bits per heavy atom. The molecule has 0 aliphatic rings. The standard InChI is InChI=1S/C18H14F5N7O2S/c1-2-33(31,32)14-3-4-15(30-9-24-8-27-30)28-16(14)12-5-11-13(6-25-12)29(10-26-11)7-17(19,20)18(21,22)23/h3-6,8-10H,2,7H2,1H3. The van der Waals surface area contributed by atoms with Gasteiger partial charge >= 0.3 is 12.1 Å². The van der Waals surface area contributed by atoms with Gasteiger partial charge in [-0.05, 0) is 18.2 Å². The Bertz CT molecular complexity index is 1420. The second-order valence-corrected chi connectivity index (χ2v) is 9.14. The van der Waals surface area contributed by atoms with Crippen LogP contribution in [0.1, 0.15) is 6.92 Å². The van der Waals surface area contributed by atoms with Crippen LogP contribution in [0, 0.1) is 0 Å². The summed E-state index contributed by atoms with van der Waals surface area (Å²) in [6, 6.07) is 4.01. The Morgan fingerprint density at radius 1 is 1.06 bits per heavy atom. The summed E-state index contributed by atoms with van der Waals surface area (Å²) in [5.41, 5.74) is -0.0768. The highest BCUT2D eigenvalue weighted by atomic mass is 32.2. The SMILES string of the molecule is CCS(=O)(=O)c1ccc(-n2cncn2)nc1-c1cc2ncn(CC(F)(F)C(F)(F)F)c2cn1. The van der Waals surface area contributed by atoms with E-state index in [0.717, 1.165) is 12.5 Å². The monoisotopic (exact) mass is 487 g/mol. The van der Waals surface area contributed by atoms with Gasteiger partial charge in [0, 0.05) is 0 Å². The smallest absolute Gasteiger partial charge is 0.323 e. The molecule has 0 amide bonds.